The zero-order chi connectivity index (χ0) is 17.9. The number of amides is 1. The summed E-state index contributed by atoms with van der Waals surface area (Å²) in [6, 6.07) is 8.68. The minimum absolute atomic E-state index is 0.252. The molecule has 1 saturated heterocycles. The molecular formula is C18H18NO3S2-. The first-order chi connectivity index (χ1) is 11.3. The van der Waals surface area contributed by atoms with Crippen molar-refractivity contribution in [3.63, 3.8) is 0 Å². The standard InChI is InChI=1S/C18H19NO3S2/c1-11(2)15(17(21)22)19-16(20)14(24-18(19)23)10-12(3)9-13-7-5-4-6-8-13/h4-11,15H,1-3H3,(H,21,22)/p-1/b12-9-,14-10+. The third kappa shape index (κ3) is 4.13. The maximum Gasteiger partial charge on any atom is 0.266 e. The highest BCUT2D eigenvalue weighted by molar-refractivity contribution is 8.26. The van der Waals surface area contributed by atoms with Crippen LogP contribution in [0.4, 0.5) is 0 Å². The number of rotatable bonds is 5. The Morgan fingerprint density at radius 1 is 1.29 bits per heavy atom. The predicted octanol–water partition coefficient (Wildman–Crippen LogP) is 2.61. The fourth-order valence-electron chi connectivity index (χ4n) is 2.46. The molecule has 1 heterocycles. The molecule has 0 radical (unpaired) electrons. The van der Waals surface area contributed by atoms with Crippen LogP contribution in [0.5, 0.6) is 0 Å². The lowest BCUT2D eigenvalue weighted by Gasteiger charge is -2.30. The van der Waals surface area contributed by atoms with Crippen LogP contribution in [-0.4, -0.2) is 27.1 Å². The molecule has 1 aliphatic rings. The molecule has 1 aliphatic heterocycles. The molecule has 1 aromatic rings. The average molecular weight is 360 g/mol. The number of carbonyl (C=O) groups excluding carboxylic acids is 2. The largest absolute Gasteiger partial charge is 0.548 e. The monoisotopic (exact) mass is 360 g/mol. The summed E-state index contributed by atoms with van der Waals surface area (Å²) in [7, 11) is 0. The molecule has 2 rings (SSSR count). The number of benzene rings is 1. The van der Waals surface area contributed by atoms with E-state index in [1.54, 1.807) is 19.9 Å². The number of aliphatic carboxylic acids is 1. The van der Waals surface area contributed by atoms with Crippen LogP contribution >= 0.6 is 24.0 Å². The number of allylic oxidation sites excluding steroid dienone is 2. The highest BCUT2D eigenvalue weighted by Crippen LogP contribution is 2.34. The molecule has 0 bridgehead atoms. The van der Waals surface area contributed by atoms with E-state index >= 15 is 0 Å². The zero-order valence-electron chi connectivity index (χ0n) is 13.7. The Balaban J connectivity index is 2.28. The molecule has 1 amide bonds. The highest BCUT2D eigenvalue weighted by Gasteiger charge is 2.38. The molecular weight excluding hydrogens is 342 g/mol. The molecule has 0 aromatic heterocycles. The Bertz CT molecular complexity index is 723. The Kier molecular flexibility index (Phi) is 5.96. The van der Waals surface area contributed by atoms with Crippen molar-refractivity contribution < 1.29 is 14.7 Å². The lowest BCUT2D eigenvalue weighted by Crippen LogP contribution is -2.52. The lowest BCUT2D eigenvalue weighted by molar-refractivity contribution is -0.311. The van der Waals surface area contributed by atoms with E-state index in [2.05, 4.69) is 0 Å². The first-order valence-corrected chi connectivity index (χ1v) is 8.75. The number of hydrogen-bond acceptors (Lipinski definition) is 5. The Morgan fingerprint density at radius 3 is 2.46 bits per heavy atom. The van der Waals surface area contributed by atoms with Gasteiger partial charge < -0.3 is 9.90 Å². The summed E-state index contributed by atoms with van der Waals surface area (Å²) in [5.41, 5.74) is 1.91. The molecule has 1 fully saturated rings. The van der Waals surface area contributed by atoms with E-state index in [4.69, 9.17) is 12.2 Å². The number of carboxylic acid groups (broad SMARTS) is 1. The second-order valence-corrected chi connectivity index (χ2v) is 7.53. The van der Waals surface area contributed by atoms with Crippen LogP contribution in [0.2, 0.25) is 0 Å². The van der Waals surface area contributed by atoms with Crippen molar-refractivity contribution in [2.45, 2.75) is 26.8 Å². The predicted molar refractivity (Wildman–Crippen MR) is 98.8 cm³/mol. The number of hydrogen-bond donors (Lipinski definition) is 0. The van der Waals surface area contributed by atoms with Crippen LogP contribution in [0.3, 0.4) is 0 Å². The van der Waals surface area contributed by atoms with Crippen LogP contribution < -0.4 is 5.11 Å². The van der Waals surface area contributed by atoms with Gasteiger partial charge in [0.25, 0.3) is 5.91 Å². The van der Waals surface area contributed by atoms with Crippen molar-refractivity contribution >= 4 is 46.3 Å². The van der Waals surface area contributed by atoms with E-state index in [1.807, 2.05) is 43.3 Å². The first kappa shape index (κ1) is 18.4. The molecule has 0 saturated carbocycles. The van der Waals surface area contributed by atoms with Crippen LogP contribution in [-0.2, 0) is 9.59 Å². The summed E-state index contributed by atoms with van der Waals surface area (Å²) in [6.45, 7) is 5.34. The Morgan fingerprint density at radius 2 is 1.92 bits per heavy atom. The molecule has 1 atom stereocenters. The van der Waals surface area contributed by atoms with E-state index < -0.39 is 12.0 Å². The van der Waals surface area contributed by atoms with Crippen molar-refractivity contribution in [3.05, 3.63) is 52.4 Å². The Labute approximate surface area is 151 Å². The van der Waals surface area contributed by atoms with Gasteiger partial charge in [-0.3, -0.25) is 9.69 Å². The van der Waals surface area contributed by atoms with E-state index in [-0.39, 0.29) is 16.1 Å². The molecule has 126 valence electrons. The molecule has 24 heavy (non-hydrogen) atoms. The van der Waals surface area contributed by atoms with E-state index in [9.17, 15) is 14.7 Å². The fraction of sp³-hybridized carbons (Fsp3) is 0.278. The van der Waals surface area contributed by atoms with Gasteiger partial charge in [-0.05, 0) is 30.1 Å². The molecule has 0 N–H and O–H groups in total. The summed E-state index contributed by atoms with van der Waals surface area (Å²) in [5.74, 6) is -1.97. The zero-order valence-corrected chi connectivity index (χ0v) is 15.3. The molecule has 0 aliphatic carbocycles. The highest BCUT2D eigenvalue weighted by atomic mass is 32.2. The minimum Gasteiger partial charge on any atom is -0.548 e. The molecule has 6 heteroatoms. The van der Waals surface area contributed by atoms with Gasteiger partial charge >= 0.3 is 0 Å². The maximum atomic E-state index is 12.6. The number of nitrogens with zero attached hydrogens (tertiary/aromatic N) is 1. The van der Waals surface area contributed by atoms with Gasteiger partial charge in [-0.25, -0.2) is 0 Å². The third-order valence-corrected chi connectivity index (χ3v) is 4.86. The smallest absolute Gasteiger partial charge is 0.266 e. The minimum atomic E-state index is -1.29. The van der Waals surface area contributed by atoms with E-state index in [1.165, 1.54) is 0 Å². The maximum absolute atomic E-state index is 12.6. The van der Waals surface area contributed by atoms with Gasteiger partial charge in [-0.1, -0.05) is 74.2 Å². The van der Waals surface area contributed by atoms with Crippen molar-refractivity contribution in [1.29, 1.82) is 0 Å². The first-order valence-electron chi connectivity index (χ1n) is 7.52. The summed E-state index contributed by atoms with van der Waals surface area (Å²) in [5, 5.41) is 11.4. The summed E-state index contributed by atoms with van der Waals surface area (Å²) in [4.78, 5) is 25.6. The Hall–Kier alpha value is -1.92. The van der Waals surface area contributed by atoms with Gasteiger partial charge in [-0.15, -0.1) is 0 Å². The average Bonchev–Trinajstić information content (AvgIpc) is 2.75. The summed E-state index contributed by atoms with van der Waals surface area (Å²) in [6.07, 6.45) is 3.68. The number of carboxylic acids is 1. The second kappa shape index (κ2) is 7.77. The summed E-state index contributed by atoms with van der Waals surface area (Å²) < 4.78 is 0.252. The molecule has 0 spiro atoms. The molecule has 1 aromatic carbocycles. The van der Waals surface area contributed by atoms with Crippen LogP contribution in [0.1, 0.15) is 26.3 Å². The van der Waals surface area contributed by atoms with Crippen molar-refractivity contribution in [2.24, 2.45) is 5.92 Å². The lowest BCUT2D eigenvalue weighted by atomic mass is 10.0. The summed E-state index contributed by atoms with van der Waals surface area (Å²) >= 11 is 6.33. The fourth-order valence-corrected chi connectivity index (χ4v) is 3.84. The SMILES string of the molecule is CC(=C/c1ccccc1)/C=C1/SC(=S)N(C(C(=O)[O-])C(C)C)C1=O. The van der Waals surface area contributed by atoms with Crippen LogP contribution in [0.25, 0.3) is 6.08 Å². The van der Waals surface area contributed by atoms with Gasteiger partial charge in [0.15, 0.2) is 0 Å². The van der Waals surface area contributed by atoms with Gasteiger partial charge in [0.1, 0.15) is 4.32 Å². The van der Waals surface area contributed by atoms with E-state index in [0.29, 0.717) is 4.91 Å². The quantitative estimate of drug-likeness (QED) is 0.597. The van der Waals surface area contributed by atoms with Crippen LogP contribution in [0, 0.1) is 5.92 Å². The van der Waals surface area contributed by atoms with Gasteiger partial charge in [0.05, 0.1) is 16.9 Å². The van der Waals surface area contributed by atoms with Crippen molar-refractivity contribution in [1.82, 2.24) is 4.90 Å². The topological polar surface area (TPSA) is 60.4 Å². The van der Waals surface area contributed by atoms with Gasteiger partial charge in [-0.2, -0.15) is 0 Å². The second-order valence-electron chi connectivity index (χ2n) is 5.86. The number of thioether (sulfide) groups is 1. The van der Waals surface area contributed by atoms with Gasteiger partial charge in [0, 0.05) is 0 Å². The van der Waals surface area contributed by atoms with Crippen molar-refractivity contribution in [2.75, 3.05) is 0 Å². The van der Waals surface area contributed by atoms with E-state index in [0.717, 1.165) is 27.8 Å². The number of thiocarbonyl (C=S) groups is 1. The number of carbonyl (C=O) groups is 2. The third-order valence-electron chi connectivity index (χ3n) is 3.53. The molecule has 1 unspecified atom stereocenters. The molecule has 4 nitrogen and oxygen atoms in total. The van der Waals surface area contributed by atoms with Gasteiger partial charge in [0.2, 0.25) is 0 Å². The normalized spacial score (nSPS) is 18.6. The van der Waals surface area contributed by atoms with Crippen molar-refractivity contribution in [3.8, 4) is 0 Å². The van der Waals surface area contributed by atoms with Crippen LogP contribution in [0.15, 0.2) is 46.9 Å².